The number of nitrogens with zero attached hydrogens (tertiary/aromatic N) is 1. The zero-order valence-electron chi connectivity index (χ0n) is 13.0. The Balaban J connectivity index is 2.14. The van der Waals surface area contributed by atoms with Crippen LogP contribution in [0.5, 0.6) is 11.5 Å². The van der Waals surface area contributed by atoms with Gasteiger partial charge in [-0.15, -0.1) is 0 Å². The molecule has 1 N–H and O–H groups in total. The summed E-state index contributed by atoms with van der Waals surface area (Å²) in [6, 6.07) is 7.28. The Kier molecular flexibility index (Phi) is 5.26. The normalized spacial score (nSPS) is 16.2. The quantitative estimate of drug-likeness (QED) is 0.792. The molecule has 0 heterocycles. The predicted molar refractivity (Wildman–Crippen MR) is 81.6 cm³/mol. The van der Waals surface area contributed by atoms with Crippen molar-refractivity contribution in [1.82, 2.24) is 10.2 Å². The van der Waals surface area contributed by atoms with Crippen molar-refractivity contribution in [3.8, 4) is 11.5 Å². The van der Waals surface area contributed by atoms with E-state index < -0.39 is 0 Å². The van der Waals surface area contributed by atoms with Gasteiger partial charge in [-0.25, -0.2) is 0 Å². The Labute approximate surface area is 122 Å². The van der Waals surface area contributed by atoms with Gasteiger partial charge < -0.3 is 19.7 Å². The van der Waals surface area contributed by atoms with E-state index in [1.54, 1.807) is 14.2 Å². The van der Waals surface area contributed by atoms with E-state index in [0.29, 0.717) is 6.04 Å². The molecule has 0 bridgehead atoms. The number of likely N-dealkylation sites (N-methyl/N-ethyl adjacent to an activating group) is 2. The zero-order valence-corrected chi connectivity index (χ0v) is 13.0. The van der Waals surface area contributed by atoms with E-state index in [-0.39, 0.29) is 0 Å². The molecule has 112 valence electrons. The van der Waals surface area contributed by atoms with E-state index in [1.807, 2.05) is 6.07 Å². The lowest BCUT2D eigenvalue weighted by molar-refractivity contribution is 0.282. The van der Waals surface area contributed by atoms with Crippen LogP contribution in [0.4, 0.5) is 0 Å². The van der Waals surface area contributed by atoms with Crippen molar-refractivity contribution in [2.75, 3.05) is 34.4 Å². The van der Waals surface area contributed by atoms with Gasteiger partial charge in [0.2, 0.25) is 0 Å². The largest absolute Gasteiger partial charge is 0.493 e. The van der Waals surface area contributed by atoms with E-state index in [1.165, 1.54) is 18.4 Å². The van der Waals surface area contributed by atoms with E-state index >= 15 is 0 Å². The average Bonchev–Trinajstić information content (AvgIpc) is 3.30. The molecule has 2 rings (SSSR count). The Morgan fingerprint density at radius 2 is 1.95 bits per heavy atom. The second kappa shape index (κ2) is 6.95. The molecule has 0 radical (unpaired) electrons. The van der Waals surface area contributed by atoms with Crippen LogP contribution in [-0.4, -0.2) is 45.3 Å². The molecule has 0 aliphatic heterocycles. The highest BCUT2D eigenvalue weighted by molar-refractivity contribution is 5.43. The van der Waals surface area contributed by atoms with Crippen molar-refractivity contribution in [3.63, 3.8) is 0 Å². The highest BCUT2D eigenvalue weighted by Crippen LogP contribution is 2.32. The van der Waals surface area contributed by atoms with Gasteiger partial charge in [-0.2, -0.15) is 0 Å². The minimum atomic E-state index is 0.324. The molecule has 1 saturated carbocycles. The van der Waals surface area contributed by atoms with E-state index in [0.717, 1.165) is 30.6 Å². The fraction of sp³-hybridized carbons (Fsp3) is 0.625. The molecule has 0 spiro atoms. The van der Waals surface area contributed by atoms with Gasteiger partial charge in [0.25, 0.3) is 0 Å². The summed E-state index contributed by atoms with van der Waals surface area (Å²) in [4.78, 5) is 2.45. The summed E-state index contributed by atoms with van der Waals surface area (Å²) in [6.07, 6.45) is 2.67. The molecule has 0 saturated heterocycles. The third-order valence-corrected chi connectivity index (χ3v) is 3.90. The number of rotatable bonds is 8. The fourth-order valence-electron chi connectivity index (χ4n) is 2.56. The molecule has 1 aliphatic carbocycles. The molecule has 1 unspecified atom stereocenters. The second-order valence-electron chi connectivity index (χ2n) is 5.40. The fourth-order valence-corrected chi connectivity index (χ4v) is 2.56. The molecule has 4 heteroatoms. The van der Waals surface area contributed by atoms with Crippen LogP contribution in [0.15, 0.2) is 18.2 Å². The lowest BCUT2D eigenvalue weighted by Crippen LogP contribution is -2.34. The molecule has 20 heavy (non-hydrogen) atoms. The first-order valence-electron chi connectivity index (χ1n) is 7.35. The lowest BCUT2D eigenvalue weighted by atomic mass is 10.1. The van der Waals surface area contributed by atoms with Gasteiger partial charge in [0.1, 0.15) is 0 Å². The van der Waals surface area contributed by atoms with Crippen LogP contribution < -0.4 is 14.8 Å². The van der Waals surface area contributed by atoms with Gasteiger partial charge in [-0.05, 0) is 44.1 Å². The molecule has 1 aliphatic rings. The maximum absolute atomic E-state index is 5.40. The third kappa shape index (κ3) is 3.64. The summed E-state index contributed by atoms with van der Waals surface area (Å²) in [6.45, 7) is 4.12. The summed E-state index contributed by atoms with van der Waals surface area (Å²) in [5, 5.41) is 3.56. The zero-order chi connectivity index (χ0) is 14.5. The Bertz CT molecular complexity index is 432. The molecule has 1 aromatic rings. The smallest absolute Gasteiger partial charge is 0.161 e. The molecule has 4 nitrogen and oxygen atoms in total. The van der Waals surface area contributed by atoms with Crippen molar-refractivity contribution < 1.29 is 9.47 Å². The maximum atomic E-state index is 5.40. The Morgan fingerprint density at radius 1 is 1.25 bits per heavy atom. The van der Waals surface area contributed by atoms with Crippen LogP contribution in [0.1, 0.15) is 31.4 Å². The van der Waals surface area contributed by atoms with Crippen molar-refractivity contribution in [3.05, 3.63) is 23.8 Å². The minimum absolute atomic E-state index is 0.324. The minimum Gasteiger partial charge on any atom is -0.493 e. The van der Waals surface area contributed by atoms with Crippen LogP contribution in [0.3, 0.4) is 0 Å². The molecular formula is C16H26N2O2. The maximum Gasteiger partial charge on any atom is 0.161 e. The third-order valence-electron chi connectivity index (χ3n) is 3.90. The number of nitrogens with one attached hydrogen (secondary N) is 1. The number of hydrogen-bond acceptors (Lipinski definition) is 4. The van der Waals surface area contributed by atoms with Crippen molar-refractivity contribution >= 4 is 0 Å². The monoisotopic (exact) mass is 278 g/mol. The Hall–Kier alpha value is -1.26. The van der Waals surface area contributed by atoms with E-state index in [9.17, 15) is 0 Å². The summed E-state index contributed by atoms with van der Waals surface area (Å²) < 4.78 is 10.7. The molecular weight excluding hydrogens is 252 g/mol. The predicted octanol–water partition coefficient (Wildman–Crippen LogP) is 2.45. The topological polar surface area (TPSA) is 33.7 Å². The molecule has 1 aromatic carbocycles. The molecule has 0 aromatic heterocycles. The number of hydrogen-bond donors (Lipinski definition) is 1. The van der Waals surface area contributed by atoms with Gasteiger partial charge in [-0.3, -0.25) is 0 Å². The lowest BCUT2D eigenvalue weighted by Gasteiger charge is -2.25. The Morgan fingerprint density at radius 3 is 2.50 bits per heavy atom. The van der Waals surface area contributed by atoms with Gasteiger partial charge in [-0.1, -0.05) is 13.0 Å². The molecule has 1 fully saturated rings. The van der Waals surface area contributed by atoms with Crippen LogP contribution >= 0.6 is 0 Å². The van der Waals surface area contributed by atoms with Gasteiger partial charge in [0.05, 0.1) is 14.2 Å². The van der Waals surface area contributed by atoms with E-state index in [4.69, 9.17) is 9.47 Å². The number of ether oxygens (including phenoxy) is 2. The SMILES string of the molecule is CCNC(CN(C)C1CC1)c1ccc(OC)c(OC)c1. The van der Waals surface area contributed by atoms with Gasteiger partial charge in [0, 0.05) is 18.6 Å². The summed E-state index contributed by atoms with van der Waals surface area (Å²) in [5.74, 6) is 1.57. The van der Waals surface area contributed by atoms with Crippen LogP contribution in [0.25, 0.3) is 0 Å². The first kappa shape index (κ1) is 15.1. The second-order valence-corrected chi connectivity index (χ2v) is 5.40. The molecule has 0 amide bonds. The summed E-state index contributed by atoms with van der Waals surface area (Å²) in [7, 11) is 5.56. The summed E-state index contributed by atoms with van der Waals surface area (Å²) in [5.41, 5.74) is 1.25. The number of benzene rings is 1. The van der Waals surface area contributed by atoms with Crippen LogP contribution in [0.2, 0.25) is 0 Å². The van der Waals surface area contributed by atoms with E-state index in [2.05, 4.69) is 36.3 Å². The standard InChI is InChI=1S/C16H26N2O2/c1-5-17-14(11-18(2)13-7-8-13)12-6-9-15(19-3)16(10-12)20-4/h6,9-10,13-14,17H,5,7-8,11H2,1-4H3. The highest BCUT2D eigenvalue weighted by Gasteiger charge is 2.28. The highest BCUT2D eigenvalue weighted by atomic mass is 16.5. The number of methoxy groups -OCH3 is 2. The van der Waals surface area contributed by atoms with Crippen molar-refractivity contribution in [1.29, 1.82) is 0 Å². The van der Waals surface area contributed by atoms with Crippen molar-refractivity contribution in [2.45, 2.75) is 31.8 Å². The van der Waals surface area contributed by atoms with Crippen LogP contribution in [0, 0.1) is 0 Å². The average molecular weight is 278 g/mol. The summed E-state index contributed by atoms with van der Waals surface area (Å²) >= 11 is 0. The van der Waals surface area contributed by atoms with Gasteiger partial charge >= 0.3 is 0 Å². The first-order chi connectivity index (χ1) is 9.69. The molecule has 1 atom stereocenters. The van der Waals surface area contributed by atoms with Crippen molar-refractivity contribution in [2.24, 2.45) is 0 Å². The van der Waals surface area contributed by atoms with Gasteiger partial charge in [0.15, 0.2) is 11.5 Å². The first-order valence-corrected chi connectivity index (χ1v) is 7.35. The van der Waals surface area contributed by atoms with Crippen LogP contribution in [-0.2, 0) is 0 Å².